The molecule has 0 spiro atoms. The predicted octanol–water partition coefficient (Wildman–Crippen LogP) is 3.22. The molecular formula is C33H59N5O7S. The second-order valence-electron chi connectivity index (χ2n) is 16.4. The highest BCUT2D eigenvalue weighted by Gasteiger charge is 2.50. The first-order valence-electron chi connectivity index (χ1n) is 16.6. The van der Waals surface area contributed by atoms with Crippen molar-refractivity contribution in [3.8, 4) is 0 Å². The Morgan fingerprint density at radius 1 is 0.913 bits per heavy atom. The van der Waals surface area contributed by atoms with Gasteiger partial charge in [0.15, 0.2) is 9.84 Å². The van der Waals surface area contributed by atoms with Crippen molar-refractivity contribution >= 4 is 39.4 Å². The van der Waals surface area contributed by atoms with Gasteiger partial charge in [-0.15, -0.1) is 0 Å². The average Bonchev–Trinajstić information content (AvgIpc) is 3.36. The number of hydrogen-bond acceptors (Lipinski definition) is 7. The van der Waals surface area contributed by atoms with Crippen LogP contribution in [0.25, 0.3) is 0 Å². The number of sulfone groups is 1. The fourth-order valence-electron chi connectivity index (χ4n) is 6.59. The van der Waals surface area contributed by atoms with Gasteiger partial charge in [0.05, 0.1) is 22.1 Å². The molecule has 46 heavy (non-hydrogen) atoms. The molecule has 0 aromatic carbocycles. The van der Waals surface area contributed by atoms with Crippen molar-refractivity contribution in [2.75, 3.05) is 12.3 Å². The maximum atomic E-state index is 14.4. The van der Waals surface area contributed by atoms with Crippen molar-refractivity contribution in [2.24, 2.45) is 22.5 Å². The summed E-state index contributed by atoms with van der Waals surface area (Å²) in [6, 6.07) is -3.75. The highest BCUT2D eigenvalue weighted by molar-refractivity contribution is 7.92. The number of carbonyl (C=O) groups excluding carboxylic acids is 5. The molecule has 0 aromatic heterocycles. The van der Waals surface area contributed by atoms with Crippen LogP contribution in [0.15, 0.2) is 0 Å². The van der Waals surface area contributed by atoms with Gasteiger partial charge in [0.25, 0.3) is 5.91 Å². The number of carbonyl (C=O) groups is 5. The van der Waals surface area contributed by atoms with Crippen LogP contribution < -0.4 is 21.7 Å². The van der Waals surface area contributed by atoms with Gasteiger partial charge in [0.2, 0.25) is 17.6 Å². The zero-order valence-corrected chi connectivity index (χ0v) is 30.5. The van der Waals surface area contributed by atoms with Gasteiger partial charge in [0, 0.05) is 6.54 Å². The van der Waals surface area contributed by atoms with E-state index >= 15 is 0 Å². The lowest BCUT2D eigenvalue weighted by Crippen LogP contribution is -2.64. The Morgan fingerprint density at radius 3 is 1.93 bits per heavy atom. The van der Waals surface area contributed by atoms with Crippen molar-refractivity contribution in [2.45, 2.75) is 149 Å². The van der Waals surface area contributed by atoms with Gasteiger partial charge in [-0.3, -0.25) is 19.2 Å². The molecule has 13 heteroatoms. The Balaban J connectivity index is 2.42. The van der Waals surface area contributed by atoms with Gasteiger partial charge < -0.3 is 26.6 Å². The van der Waals surface area contributed by atoms with E-state index in [-0.39, 0.29) is 30.1 Å². The summed E-state index contributed by atoms with van der Waals surface area (Å²) in [4.78, 5) is 67.6. The number of rotatable bonds is 11. The lowest BCUT2D eigenvalue weighted by molar-refractivity contribution is -0.145. The average molecular weight is 670 g/mol. The van der Waals surface area contributed by atoms with E-state index in [0.29, 0.717) is 25.7 Å². The first kappa shape index (κ1) is 39.5. The monoisotopic (exact) mass is 669 g/mol. The Bertz CT molecular complexity index is 1250. The molecule has 5 amide bonds. The van der Waals surface area contributed by atoms with Crippen molar-refractivity contribution < 1.29 is 32.4 Å². The summed E-state index contributed by atoms with van der Waals surface area (Å²) in [6.07, 6.45) is 4.77. The molecule has 1 heterocycles. The molecule has 2 unspecified atom stereocenters. The number of hydrogen-bond donors (Lipinski definition) is 4. The lowest BCUT2D eigenvalue weighted by Gasteiger charge is -2.41. The van der Waals surface area contributed by atoms with Crippen LogP contribution in [0.4, 0.5) is 4.79 Å². The summed E-state index contributed by atoms with van der Waals surface area (Å²) in [6.45, 7) is 18.4. The zero-order valence-electron chi connectivity index (χ0n) is 29.7. The highest BCUT2D eigenvalue weighted by atomic mass is 32.2. The van der Waals surface area contributed by atoms with E-state index in [2.05, 4.69) is 16.0 Å². The van der Waals surface area contributed by atoms with Gasteiger partial charge in [-0.2, -0.15) is 0 Å². The third-order valence-corrected chi connectivity index (χ3v) is 12.3. The number of Topliss-reactive ketones (excluding diaryl/α,β-unsaturated/α-hetero) is 1. The molecule has 2 fully saturated rings. The predicted molar refractivity (Wildman–Crippen MR) is 178 cm³/mol. The topological polar surface area (TPSA) is 185 Å². The SMILES string of the molecule is CCCC(NC(=O)[C@@H]1C(C(C)(C)C)CCN1C(=O)[C@@H](NC(=O)NC1(CS(=O)(=O)C(C)(C)C)CCCCC1)C(C)(C)C)C(=O)C(N)=O. The number of ketones is 1. The minimum atomic E-state index is -3.57. The van der Waals surface area contributed by atoms with Crippen LogP contribution in [-0.2, 0) is 29.0 Å². The number of amides is 5. The van der Waals surface area contributed by atoms with E-state index in [4.69, 9.17) is 5.73 Å². The van der Waals surface area contributed by atoms with Crippen LogP contribution in [0.3, 0.4) is 0 Å². The lowest BCUT2D eigenvalue weighted by atomic mass is 9.75. The van der Waals surface area contributed by atoms with E-state index in [0.717, 1.165) is 19.3 Å². The van der Waals surface area contributed by atoms with Crippen LogP contribution in [-0.4, -0.2) is 83.6 Å². The zero-order chi connectivity index (χ0) is 35.5. The summed E-state index contributed by atoms with van der Waals surface area (Å²) in [5.41, 5.74) is 3.12. The molecule has 4 atom stereocenters. The fraction of sp³-hybridized carbons (Fsp3) is 0.848. The molecule has 2 aliphatic rings. The Morgan fingerprint density at radius 2 is 1.48 bits per heavy atom. The van der Waals surface area contributed by atoms with E-state index in [1.54, 1.807) is 20.8 Å². The molecule has 2 rings (SSSR count). The third kappa shape index (κ3) is 9.67. The number of likely N-dealkylation sites (tertiary alicyclic amines) is 1. The third-order valence-electron chi connectivity index (χ3n) is 9.49. The number of nitrogens with one attached hydrogen (secondary N) is 3. The number of nitrogens with zero attached hydrogens (tertiary/aromatic N) is 1. The summed E-state index contributed by atoms with van der Waals surface area (Å²) in [5.74, 6) is -3.51. The summed E-state index contributed by atoms with van der Waals surface area (Å²) in [7, 11) is -3.57. The van der Waals surface area contributed by atoms with Crippen molar-refractivity contribution in [1.82, 2.24) is 20.9 Å². The van der Waals surface area contributed by atoms with Crippen LogP contribution in [0, 0.1) is 16.7 Å². The Kier molecular flexibility index (Phi) is 12.5. The number of primary amides is 1. The molecule has 0 radical (unpaired) electrons. The largest absolute Gasteiger partial charge is 0.363 e. The Hall–Kier alpha value is -2.70. The Labute approximate surface area is 276 Å². The second kappa shape index (κ2) is 14.6. The molecule has 1 aliphatic carbocycles. The summed E-state index contributed by atoms with van der Waals surface area (Å²) >= 11 is 0. The fourth-order valence-corrected chi connectivity index (χ4v) is 8.11. The minimum absolute atomic E-state index is 0.199. The maximum Gasteiger partial charge on any atom is 0.315 e. The van der Waals surface area contributed by atoms with Gasteiger partial charge in [-0.1, -0.05) is 74.1 Å². The van der Waals surface area contributed by atoms with E-state index in [1.807, 2.05) is 48.5 Å². The molecule has 264 valence electrons. The first-order chi connectivity index (χ1) is 20.9. The summed E-state index contributed by atoms with van der Waals surface area (Å²) in [5, 5.41) is 8.53. The molecule has 5 N–H and O–H groups in total. The quantitative estimate of drug-likeness (QED) is 0.243. The highest BCUT2D eigenvalue weighted by Crippen LogP contribution is 2.40. The molecule has 0 aromatic rings. The van der Waals surface area contributed by atoms with Crippen molar-refractivity contribution in [3.63, 3.8) is 0 Å². The van der Waals surface area contributed by atoms with Gasteiger partial charge >= 0.3 is 6.03 Å². The van der Waals surface area contributed by atoms with Crippen molar-refractivity contribution in [1.29, 1.82) is 0 Å². The molecular weight excluding hydrogens is 610 g/mol. The maximum absolute atomic E-state index is 14.4. The van der Waals surface area contributed by atoms with Crippen LogP contribution in [0.1, 0.15) is 121 Å². The first-order valence-corrected chi connectivity index (χ1v) is 18.3. The molecule has 1 aliphatic heterocycles. The van der Waals surface area contributed by atoms with Gasteiger partial charge in [-0.05, 0) is 63.2 Å². The second-order valence-corrected chi connectivity index (χ2v) is 19.2. The molecule has 0 bridgehead atoms. The van der Waals surface area contributed by atoms with E-state index in [1.165, 1.54) is 4.90 Å². The van der Waals surface area contributed by atoms with Crippen molar-refractivity contribution in [3.05, 3.63) is 0 Å². The normalized spacial score (nSPS) is 22.0. The van der Waals surface area contributed by atoms with E-state index < -0.39 is 73.2 Å². The molecule has 1 saturated carbocycles. The number of nitrogens with two attached hydrogens (primary N) is 1. The minimum Gasteiger partial charge on any atom is -0.363 e. The standard InChI is InChI=1S/C33H59N5O7S/c1-11-15-22(24(39)26(34)40)35-27(41)23-21(30(2,3)4)16-19-38(23)28(42)25(31(5,6)7)36-29(43)37-33(17-13-12-14-18-33)20-46(44,45)32(8,9)10/h21-23,25H,11-20H2,1-10H3,(H2,34,40)(H,35,41)(H2,36,37,43)/t21?,22?,23-,25+/m0/s1. The number of urea groups is 1. The van der Waals surface area contributed by atoms with Crippen LogP contribution in [0.5, 0.6) is 0 Å². The van der Waals surface area contributed by atoms with E-state index in [9.17, 15) is 32.4 Å². The smallest absolute Gasteiger partial charge is 0.315 e. The van der Waals surface area contributed by atoms with Crippen LogP contribution in [0.2, 0.25) is 0 Å². The van der Waals surface area contributed by atoms with Gasteiger partial charge in [0.1, 0.15) is 12.1 Å². The molecule has 1 saturated heterocycles. The summed E-state index contributed by atoms with van der Waals surface area (Å²) < 4.78 is 25.5. The van der Waals surface area contributed by atoms with Gasteiger partial charge in [-0.25, -0.2) is 13.2 Å². The van der Waals surface area contributed by atoms with Crippen LogP contribution >= 0.6 is 0 Å². The molecule has 12 nitrogen and oxygen atoms in total.